The number of anilines is 1. The van der Waals surface area contributed by atoms with E-state index in [0.29, 0.717) is 12.2 Å². The number of hydrogen-bond acceptors (Lipinski definition) is 2. The molecular weight excluding hydrogens is 243 g/mol. The standard InChI is InChI=1S/C12H15FN2O.ClH/c1-12(2,14)11(16)15-6-5-8-3-4-9(13)7-10(8)15;/h3-4,7H,5-6,14H2,1-2H3;1H. The Morgan fingerprint density at radius 1 is 1.47 bits per heavy atom. The van der Waals surface area contributed by atoms with Gasteiger partial charge < -0.3 is 10.6 Å². The van der Waals surface area contributed by atoms with Crippen LogP contribution in [0.2, 0.25) is 0 Å². The van der Waals surface area contributed by atoms with Crippen molar-refractivity contribution in [2.75, 3.05) is 11.4 Å². The number of fused-ring (bicyclic) bond motifs is 1. The van der Waals surface area contributed by atoms with E-state index in [4.69, 9.17) is 5.73 Å². The molecule has 0 aromatic heterocycles. The molecule has 2 N–H and O–H groups in total. The van der Waals surface area contributed by atoms with Crippen molar-refractivity contribution < 1.29 is 9.18 Å². The second-order valence-electron chi connectivity index (χ2n) is 4.70. The second kappa shape index (κ2) is 4.63. The first-order valence-corrected chi connectivity index (χ1v) is 5.29. The van der Waals surface area contributed by atoms with Crippen LogP contribution >= 0.6 is 12.4 Å². The van der Waals surface area contributed by atoms with E-state index in [-0.39, 0.29) is 24.1 Å². The van der Waals surface area contributed by atoms with E-state index in [1.54, 1.807) is 24.8 Å². The van der Waals surface area contributed by atoms with E-state index in [2.05, 4.69) is 0 Å². The van der Waals surface area contributed by atoms with Gasteiger partial charge in [-0.1, -0.05) is 6.07 Å². The summed E-state index contributed by atoms with van der Waals surface area (Å²) in [6.07, 6.45) is 0.761. The largest absolute Gasteiger partial charge is 0.318 e. The lowest BCUT2D eigenvalue weighted by molar-refractivity contribution is -0.122. The molecule has 0 spiro atoms. The quantitative estimate of drug-likeness (QED) is 0.836. The zero-order valence-corrected chi connectivity index (χ0v) is 10.7. The molecule has 94 valence electrons. The Bertz CT molecular complexity index is 443. The van der Waals surface area contributed by atoms with Gasteiger partial charge in [-0.3, -0.25) is 4.79 Å². The topological polar surface area (TPSA) is 46.3 Å². The molecule has 0 unspecified atom stereocenters. The van der Waals surface area contributed by atoms with E-state index in [1.165, 1.54) is 12.1 Å². The van der Waals surface area contributed by atoms with Gasteiger partial charge in [-0.15, -0.1) is 12.4 Å². The molecule has 17 heavy (non-hydrogen) atoms. The van der Waals surface area contributed by atoms with Gasteiger partial charge in [0.05, 0.1) is 5.54 Å². The minimum absolute atomic E-state index is 0. The zero-order chi connectivity index (χ0) is 11.9. The van der Waals surface area contributed by atoms with Crippen LogP contribution in [0.1, 0.15) is 19.4 Å². The molecule has 1 aromatic rings. The van der Waals surface area contributed by atoms with Crippen LogP contribution in [0.3, 0.4) is 0 Å². The van der Waals surface area contributed by atoms with Crippen molar-refractivity contribution in [3.8, 4) is 0 Å². The van der Waals surface area contributed by atoms with Gasteiger partial charge in [-0.25, -0.2) is 4.39 Å². The molecule has 1 heterocycles. The summed E-state index contributed by atoms with van der Waals surface area (Å²) >= 11 is 0. The molecule has 0 saturated carbocycles. The maximum atomic E-state index is 13.1. The Morgan fingerprint density at radius 2 is 2.12 bits per heavy atom. The molecule has 1 aliphatic rings. The van der Waals surface area contributed by atoms with Crippen LogP contribution in [0.25, 0.3) is 0 Å². The third kappa shape index (κ3) is 2.58. The maximum Gasteiger partial charge on any atom is 0.246 e. The van der Waals surface area contributed by atoms with E-state index in [9.17, 15) is 9.18 Å². The molecule has 0 saturated heterocycles. The average Bonchev–Trinajstić information content (AvgIpc) is 2.57. The number of nitrogens with zero attached hydrogens (tertiary/aromatic N) is 1. The van der Waals surface area contributed by atoms with Crippen molar-refractivity contribution in [2.24, 2.45) is 5.73 Å². The summed E-state index contributed by atoms with van der Waals surface area (Å²) in [5.74, 6) is -0.495. The molecule has 2 rings (SSSR count). The Morgan fingerprint density at radius 3 is 2.71 bits per heavy atom. The van der Waals surface area contributed by atoms with Gasteiger partial charge in [0.25, 0.3) is 0 Å². The van der Waals surface area contributed by atoms with Crippen molar-refractivity contribution in [1.29, 1.82) is 0 Å². The summed E-state index contributed by atoms with van der Waals surface area (Å²) < 4.78 is 13.1. The van der Waals surface area contributed by atoms with Crippen molar-refractivity contribution in [2.45, 2.75) is 25.8 Å². The van der Waals surface area contributed by atoms with Gasteiger partial charge in [-0.05, 0) is 38.0 Å². The highest BCUT2D eigenvalue weighted by molar-refractivity contribution is 6.01. The van der Waals surface area contributed by atoms with Crippen LogP contribution in [0, 0.1) is 5.82 Å². The fraction of sp³-hybridized carbons (Fsp3) is 0.417. The lowest BCUT2D eigenvalue weighted by atomic mass is 10.1. The number of carbonyl (C=O) groups excluding carboxylic acids is 1. The Balaban J connectivity index is 0.00000144. The smallest absolute Gasteiger partial charge is 0.246 e. The molecule has 0 aliphatic carbocycles. The van der Waals surface area contributed by atoms with Crippen molar-refractivity contribution in [1.82, 2.24) is 0 Å². The SMILES string of the molecule is CC(C)(N)C(=O)N1CCc2ccc(F)cc21.Cl. The number of nitrogens with two attached hydrogens (primary N) is 1. The zero-order valence-electron chi connectivity index (χ0n) is 9.87. The van der Waals surface area contributed by atoms with Gasteiger partial charge >= 0.3 is 0 Å². The fourth-order valence-corrected chi connectivity index (χ4v) is 1.91. The van der Waals surface area contributed by atoms with Crippen LogP contribution in [-0.2, 0) is 11.2 Å². The van der Waals surface area contributed by atoms with Crippen molar-refractivity contribution in [3.63, 3.8) is 0 Å². The molecule has 0 radical (unpaired) electrons. The Hall–Kier alpha value is -1.13. The molecule has 1 aromatic carbocycles. The normalized spacial score (nSPS) is 14.2. The monoisotopic (exact) mass is 258 g/mol. The molecular formula is C12H16ClFN2O. The lowest BCUT2D eigenvalue weighted by Crippen LogP contribution is -2.50. The Labute approximate surface area is 106 Å². The van der Waals surface area contributed by atoms with Crippen molar-refractivity contribution in [3.05, 3.63) is 29.6 Å². The molecule has 5 heteroatoms. The summed E-state index contributed by atoms with van der Waals surface area (Å²) in [4.78, 5) is 13.6. The van der Waals surface area contributed by atoms with Crippen LogP contribution in [0.5, 0.6) is 0 Å². The predicted octanol–water partition coefficient (Wildman–Crippen LogP) is 1.87. The highest BCUT2D eigenvalue weighted by atomic mass is 35.5. The summed E-state index contributed by atoms with van der Waals surface area (Å²) in [6.45, 7) is 3.90. The summed E-state index contributed by atoms with van der Waals surface area (Å²) in [6, 6.07) is 4.54. The van der Waals surface area contributed by atoms with Gasteiger partial charge in [-0.2, -0.15) is 0 Å². The highest BCUT2D eigenvalue weighted by Gasteiger charge is 2.32. The van der Waals surface area contributed by atoms with E-state index in [1.807, 2.05) is 0 Å². The van der Waals surface area contributed by atoms with Crippen molar-refractivity contribution >= 4 is 24.0 Å². The third-order valence-corrected chi connectivity index (χ3v) is 2.74. The summed E-state index contributed by atoms with van der Waals surface area (Å²) in [5, 5.41) is 0. The molecule has 0 atom stereocenters. The second-order valence-corrected chi connectivity index (χ2v) is 4.70. The Kier molecular flexibility index (Phi) is 3.79. The maximum absolute atomic E-state index is 13.1. The van der Waals surface area contributed by atoms with Crippen LogP contribution in [-0.4, -0.2) is 18.0 Å². The number of carbonyl (C=O) groups is 1. The average molecular weight is 259 g/mol. The summed E-state index contributed by atoms with van der Waals surface area (Å²) in [7, 11) is 0. The number of halogens is 2. The van der Waals surface area contributed by atoms with Crippen LogP contribution in [0.4, 0.5) is 10.1 Å². The molecule has 0 fully saturated rings. The predicted molar refractivity (Wildman–Crippen MR) is 68.0 cm³/mol. The third-order valence-electron chi connectivity index (χ3n) is 2.74. The van der Waals surface area contributed by atoms with E-state index < -0.39 is 5.54 Å². The minimum Gasteiger partial charge on any atom is -0.318 e. The van der Waals surface area contributed by atoms with Crippen LogP contribution < -0.4 is 10.6 Å². The number of rotatable bonds is 1. The van der Waals surface area contributed by atoms with E-state index in [0.717, 1.165) is 12.0 Å². The number of amides is 1. The molecule has 0 bridgehead atoms. The van der Waals surface area contributed by atoms with Gasteiger partial charge in [0.1, 0.15) is 5.82 Å². The van der Waals surface area contributed by atoms with Gasteiger partial charge in [0, 0.05) is 12.2 Å². The van der Waals surface area contributed by atoms with Gasteiger partial charge in [0.15, 0.2) is 0 Å². The van der Waals surface area contributed by atoms with Crippen LogP contribution in [0.15, 0.2) is 18.2 Å². The lowest BCUT2D eigenvalue weighted by Gasteiger charge is -2.26. The first kappa shape index (κ1) is 13.9. The summed E-state index contributed by atoms with van der Waals surface area (Å²) in [5.41, 5.74) is 6.50. The molecule has 1 aliphatic heterocycles. The first-order valence-electron chi connectivity index (χ1n) is 5.29. The van der Waals surface area contributed by atoms with Gasteiger partial charge in [0.2, 0.25) is 5.91 Å². The first-order chi connectivity index (χ1) is 7.39. The number of hydrogen-bond donors (Lipinski definition) is 1. The molecule has 1 amide bonds. The minimum atomic E-state index is -0.923. The number of benzene rings is 1. The molecule has 3 nitrogen and oxygen atoms in total. The fourth-order valence-electron chi connectivity index (χ4n) is 1.91. The highest BCUT2D eigenvalue weighted by Crippen LogP contribution is 2.30. The van der Waals surface area contributed by atoms with E-state index >= 15 is 0 Å².